The van der Waals surface area contributed by atoms with Crippen LogP contribution in [0.5, 0.6) is 0 Å². The molecule has 30 heavy (non-hydrogen) atoms. The third kappa shape index (κ3) is 6.68. The molecule has 162 valence electrons. The summed E-state index contributed by atoms with van der Waals surface area (Å²) in [6, 6.07) is 11.5. The van der Waals surface area contributed by atoms with Crippen LogP contribution >= 0.6 is 0 Å². The summed E-state index contributed by atoms with van der Waals surface area (Å²) in [5.74, 6) is -0.265. The Labute approximate surface area is 179 Å². The first kappa shape index (κ1) is 23.6. The molecule has 0 heterocycles. The predicted molar refractivity (Wildman–Crippen MR) is 118 cm³/mol. The topological polar surface area (TPSA) is 49.4 Å². The van der Waals surface area contributed by atoms with Crippen molar-refractivity contribution in [2.45, 2.75) is 60.0 Å². The molecular formula is C25H33FN2O2. The van der Waals surface area contributed by atoms with E-state index in [1.807, 2.05) is 52.8 Å². The van der Waals surface area contributed by atoms with E-state index >= 15 is 0 Å². The summed E-state index contributed by atoms with van der Waals surface area (Å²) < 4.78 is 13.3. The van der Waals surface area contributed by atoms with E-state index in [4.69, 9.17) is 0 Å². The number of nitrogens with zero attached hydrogens (tertiary/aromatic N) is 1. The number of aryl methyl sites for hydroxylation is 2. The molecule has 1 N–H and O–H groups in total. The molecule has 0 unspecified atom stereocenters. The van der Waals surface area contributed by atoms with Gasteiger partial charge in [0, 0.05) is 13.1 Å². The van der Waals surface area contributed by atoms with Crippen LogP contribution in [-0.2, 0) is 22.6 Å². The molecule has 0 saturated heterocycles. The van der Waals surface area contributed by atoms with Crippen molar-refractivity contribution < 1.29 is 14.0 Å². The van der Waals surface area contributed by atoms with Gasteiger partial charge in [-0.3, -0.25) is 9.59 Å². The second kappa shape index (κ2) is 10.9. The molecule has 5 heteroatoms. The third-order valence-corrected chi connectivity index (χ3v) is 5.18. The molecule has 0 aliphatic carbocycles. The molecule has 0 bridgehead atoms. The van der Waals surface area contributed by atoms with Gasteiger partial charge in [-0.05, 0) is 55.0 Å². The summed E-state index contributed by atoms with van der Waals surface area (Å²) in [6.07, 6.45) is 0.729. The van der Waals surface area contributed by atoms with Gasteiger partial charge in [-0.25, -0.2) is 4.39 Å². The fraction of sp³-hybridized carbons (Fsp3) is 0.440. The van der Waals surface area contributed by atoms with E-state index in [1.54, 1.807) is 17.0 Å². The van der Waals surface area contributed by atoms with Crippen LogP contribution in [0.15, 0.2) is 42.5 Å². The number of rotatable bonds is 9. The minimum atomic E-state index is -0.577. The number of carbonyl (C=O) groups is 2. The quantitative estimate of drug-likeness (QED) is 0.656. The molecule has 1 atom stereocenters. The molecule has 2 aromatic carbocycles. The monoisotopic (exact) mass is 412 g/mol. The maximum Gasteiger partial charge on any atom is 0.242 e. The number of halogens is 1. The molecule has 0 aliphatic heterocycles. The van der Waals surface area contributed by atoms with Crippen molar-refractivity contribution in [3.05, 3.63) is 70.5 Å². The van der Waals surface area contributed by atoms with Gasteiger partial charge in [-0.15, -0.1) is 0 Å². The Morgan fingerprint density at radius 3 is 2.33 bits per heavy atom. The molecule has 0 aromatic heterocycles. The van der Waals surface area contributed by atoms with Gasteiger partial charge in [0.15, 0.2) is 0 Å². The molecule has 0 radical (unpaired) electrons. The van der Waals surface area contributed by atoms with Gasteiger partial charge < -0.3 is 10.2 Å². The van der Waals surface area contributed by atoms with E-state index in [-0.39, 0.29) is 30.6 Å². The van der Waals surface area contributed by atoms with Crippen LogP contribution in [0.1, 0.15) is 49.4 Å². The van der Waals surface area contributed by atoms with Crippen LogP contribution in [0.2, 0.25) is 0 Å². The fourth-order valence-electron chi connectivity index (χ4n) is 3.38. The van der Waals surface area contributed by atoms with Crippen molar-refractivity contribution in [3.8, 4) is 0 Å². The van der Waals surface area contributed by atoms with Crippen molar-refractivity contribution in [2.75, 3.05) is 6.54 Å². The second-order valence-electron chi connectivity index (χ2n) is 8.32. The van der Waals surface area contributed by atoms with Crippen molar-refractivity contribution in [1.82, 2.24) is 10.2 Å². The third-order valence-electron chi connectivity index (χ3n) is 5.18. The van der Waals surface area contributed by atoms with Gasteiger partial charge in [0.05, 0.1) is 6.42 Å². The van der Waals surface area contributed by atoms with Crippen molar-refractivity contribution in [3.63, 3.8) is 0 Å². The zero-order valence-corrected chi connectivity index (χ0v) is 18.7. The van der Waals surface area contributed by atoms with E-state index < -0.39 is 6.04 Å². The number of hydrogen-bond donors (Lipinski definition) is 1. The number of carbonyl (C=O) groups excluding carboxylic acids is 2. The lowest BCUT2D eigenvalue weighted by molar-refractivity contribution is -0.141. The Bertz CT molecular complexity index is 862. The first-order chi connectivity index (χ1) is 14.2. The Kier molecular flexibility index (Phi) is 8.58. The minimum Gasteiger partial charge on any atom is -0.354 e. The van der Waals surface area contributed by atoms with Gasteiger partial charge in [0.25, 0.3) is 0 Å². The Hall–Kier alpha value is -2.69. The Morgan fingerprint density at radius 1 is 1.07 bits per heavy atom. The molecule has 2 rings (SSSR count). The van der Waals surface area contributed by atoms with Crippen LogP contribution in [0.4, 0.5) is 4.39 Å². The molecule has 0 fully saturated rings. The van der Waals surface area contributed by atoms with Gasteiger partial charge in [-0.1, -0.05) is 56.7 Å². The highest BCUT2D eigenvalue weighted by Gasteiger charge is 2.29. The molecule has 0 saturated carbocycles. The van der Waals surface area contributed by atoms with Gasteiger partial charge >= 0.3 is 0 Å². The standard InChI is InChI=1S/C25H33FN2O2/c1-6-23(25(30)27-15-17(2)3)28(16-20-9-11-22(26)12-10-20)24(29)14-21-13-18(4)7-8-19(21)5/h7-13,17,23H,6,14-16H2,1-5H3,(H,27,30)/t23-/m1/s1. The maximum atomic E-state index is 13.4. The van der Waals surface area contributed by atoms with Crippen molar-refractivity contribution in [1.29, 1.82) is 0 Å². The highest BCUT2D eigenvalue weighted by atomic mass is 19.1. The first-order valence-electron chi connectivity index (χ1n) is 10.6. The Balaban J connectivity index is 2.30. The summed E-state index contributed by atoms with van der Waals surface area (Å²) in [6.45, 7) is 10.8. The van der Waals surface area contributed by atoms with Gasteiger partial charge in [0.2, 0.25) is 11.8 Å². The van der Waals surface area contributed by atoms with E-state index in [0.717, 1.165) is 22.3 Å². The van der Waals surface area contributed by atoms with Crippen LogP contribution in [-0.4, -0.2) is 29.3 Å². The molecule has 0 aliphatic rings. The highest BCUT2D eigenvalue weighted by molar-refractivity contribution is 5.88. The van der Waals surface area contributed by atoms with Crippen LogP contribution in [0.3, 0.4) is 0 Å². The predicted octanol–water partition coefficient (Wildman–Crippen LogP) is 4.56. The smallest absolute Gasteiger partial charge is 0.242 e. The SMILES string of the molecule is CC[C@H](C(=O)NCC(C)C)N(Cc1ccc(F)cc1)C(=O)Cc1cc(C)ccc1C. The summed E-state index contributed by atoms with van der Waals surface area (Å²) in [5, 5.41) is 2.95. The molecule has 4 nitrogen and oxygen atoms in total. The summed E-state index contributed by atoms with van der Waals surface area (Å²) in [7, 11) is 0. The zero-order chi connectivity index (χ0) is 22.3. The van der Waals surface area contributed by atoms with Gasteiger partial charge in [-0.2, -0.15) is 0 Å². The molecule has 2 aromatic rings. The maximum absolute atomic E-state index is 13.4. The van der Waals surface area contributed by atoms with E-state index in [1.165, 1.54) is 12.1 Å². The molecule has 0 spiro atoms. The van der Waals surface area contributed by atoms with Crippen LogP contribution in [0.25, 0.3) is 0 Å². The van der Waals surface area contributed by atoms with Crippen LogP contribution in [0, 0.1) is 25.6 Å². The first-order valence-corrected chi connectivity index (χ1v) is 10.6. The second-order valence-corrected chi connectivity index (χ2v) is 8.32. The lowest BCUT2D eigenvalue weighted by Crippen LogP contribution is -2.50. The number of hydrogen-bond acceptors (Lipinski definition) is 2. The van der Waals surface area contributed by atoms with Crippen molar-refractivity contribution in [2.24, 2.45) is 5.92 Å². The molecule has 2 amide bonds. The lowest BCUT2D eigenvalue weighted by atomic mass is 10.0. The lowest BCUT2D eigenvalue weighted by Gasteiger charge is -2.31. The number of nitrogens with one attached hydrogen (secondary N) is 1. The summed E-state index contributed by atoms with van der Waals surface area (Å²) in [5.41, 5.74) is 3.89. The van der Waals surface area contributed by atoms with Crippen molar-refractivity contribution >= 4 is 11.8 Å². The fourth-order valence-corrected chi connectivity index (χ4v) is 3.38. The molecular weight excluding hydrogens is 379 g/mol. The summed E-state index contributed by atoms with van der Waals surface area (Å²) >= 11 is 0. The highest BCUT2D eigenvalue weighted by Crippen LogP contribution is 2.18. The van der Waals surface area contributed by atoms with E-state index in [0.29, 0.717) is 18.9 Å². The van der Waals surface area contributed by atoms with E-state index in [9.17, 15) is 14.0 Å². The number of amides is 2. The number of benzene rings is 2. The normalized spacial score (nSPS) is 12.0. The largest absolute Gasteiger partial charge is 0.354 e. The van der Waals surface area contributed by atoms with E-state index in [2.05, 4.69) is 5.32 Å². The Morgan fingerprint density at radius 2 is 1.73 bits per heavy atom. The zero-order valence-electron chi connectivity index (χ0n) is 18.7. The van der Waals surface area contributed by atoms with Gasteiger partial charge in [0.1, 0.15) is 11.9 Å². The minimum absolute atomic E-state index is 0.112. The summed E-state index contributed by atoms with van der Waals surface area (Å²) in [4.78, 5) is 27.9. The average molecular weight is 413 g/mol. The van der Waals surface area contributed by atoms with Crippen LogP contribution < -0.4 is 5.32 Å². The average Bonchev–Trinajstić information content (AvgIpc) is 2.70.